The highest BCUT2D eigenvalue weighted by Gasteiger charge is 2.40. The smallest absolute Gasteiger partial charge is 0.335 e. The van der Waals surface area contributed by atoms with Crippen molar-refractivity contribution in [2.75, 3.05) is 26.2 Å². The minimum atomic E-state index is -4.79. The number of aryl methyl sites for hydroxylation is 1. The lowest BCUT2D eigenvalue weighted by atomic mass is 10.2. The number of rotatable bonds is 4. The Hall–Kier alpha value is -2.28. The van der Waals surface area contributed by atoms with Crippen LogP contribution in [0.3, 0.4) is 0 Å². The number of carbonyl (C=O) groups is 1. The summed E-state index contributed by atoms with van der Waals surface area (Å²) in [7, 11) is -4.36. The predicted octanol–water partition coefficient (Wildman–Crippen LogP) is 4.35. The molecular weight excluding hydrogens is 483 g/mol. The van der Waals surface area contributed by atoms with Gasteiger partial charge in [0.25, 0.3) is 5.91 Å². The van der Waals surface area contributed by atoms with E-state index in [2.05, 4.69) is 4.98 Å². The number of halogens is 3. The summed E-state index contributed by atoms with van der Waals surface area (Å²) in [5.41, 5.74) is -0.600. The van der Waals surface area contributed by atoms with Crippen molar-refractivity contribution in [3.63, 3.8) is 0 Å². The predicted molar refractivity (Wildman–Crippen MR) is 116 cm³/mol. The Morgan fingerprint density at radius 3 is 2.38 bits per heavy atom. The lowest BCUT2D eigenvalue weighted by Gasteiger charge is -2.34. The van der Waals surface area contributed by atoms with Gasteiger partial charge >= 0.3 is 6.18 Å². The molecule has 0 radical (unpaired) electrons. The molecule has 1 saturated heterocycles. The van der Waals surface area contributed by atoms with E-state index in [1.807, 2.05) is 17.5 Å². The van der Waals surface area contributed by atoms with Crippen molar-refractivity contribution in [1.82, 2.24) is 14.2 Å². The standard InChI is InChI=1S/C20H18F3N3O3S3/c1-13-17(31-18(24-13)15-6-4-12-30-15)19(27)25-8-10-26(11-9-25)32(28,29)16-7-3-2-5-14(16)20(21,22)23/h2-7,12H,8-11H2,1H3. The normalized spacial score (nSPS) is 15.8. The highest BCUT2D eigenvalue weighted by Crippen LogP contribution is 2.36. The van der Waals surface area contributed by atoms with E-state index < -0.39 is 26.7 Å². The molecule has 2 aromatic heterocycles. The first-order valence-corrected chi connectivity index (χ1v) is 12.7. The molecular formula is C20H18F3N3O3S3. The number of hydrogen-bond donors (Lipinski definition) is 0. The van der Waals surface area contributed by atoms with Gasteiger partial charge in [-0.25, -0.2) is 13.4 Å². The largest absolute Gasteiger partial charge is 0.417 e. The first-order chi connectivity index (χ1) is 15.1. The van der Waals surface area contributed by atoms with Crippen LogP contribution < -0.4 is 0 Å². The van der Waals surface area contributed by atoms with Crippen molar-refractivity contribution < 1.29 is 26.4 Å². The quantitative estimate of drug-likeness (QED) is 0.533. The second-order valence-corrected chi connectivity index (χ2v) is 11.0. The molecule has 1 aliphatic rings. The number of aromatic nitrogens is 1. The second-order valence-electron chi connectivity index (χ2n) is 7.10. The van der Waals surface area contributed by atoms with E-state index in [4.69, 9.17) is 0 Å². The van der Waals surface area contributed by atoms with Crippen molar-refractivity contribution in [3.8, 4) is 9.88 Å². The molecule has 0 spiro atoms. The van der Waals surface area contributed by atoms with Crippen molar-refractivity contribution in [2.24, 2.45) is 0 Å². The zero-order chi connectivity index (χ0) is 23.1. The summed E-state index contributed by atoms with van der Waals surface area (Å²) in [5.74, 6) is -0.254. The van der Waals surface area contributed by atoms with Crippen molar-refractivity contribution >= 4 is 38.6 Å². The van der Waals surface area contributed by atoms with Gasteiger partial charge in [-0.3, -0.25) is 4.79 Å². The molecule has 1 fully saturated rings. The van der Waals surface area contributed by atoms with Crippen LogP contribution in [0.4, 0.5) is 13.2 Å². The molecule has 0 N–H and O–H groups in total. The lowest BCUT2D eigenvalue weighted by molar-refractivity contribution is -0.139. The molecule has 1 aliphatic heterocycles. The molecule has 3 heterocycles. The van der Waals surface area contributed by atoms with Crippen LogP contribution in [0.25, 0.3) is 9.88 Å². The van der Waals surface area contributed by atoms with Crippen LogP contribution in [-0.4, -0.2) is 54.7 Å². The third-order valence-corrected chi connectivity index (χ3v) is 9.20. The maximum absolute atomic E-state index is 13.3. The van der Waals surface area contributed by atoms with E-state index in [0.717, 1.165) is 32.4 Å². The Labute approximate surface area is 191 Å². The number of sulfonamides is 1. The lowest BCUT2D eigenvalue weighted by Crippen LogP contribution is -2.50. The van der Waals surface area contributed by atoms with Crippen LogP contribution in [0.2, 0.25) is 0 Å². The minimum absolute atomic E-state index is 0.0813. The topological polar surface area (TPSA) is 70.6 Å². The summed E-state index contributed by atoms with van der Waals surface area (Å²) in [4.78, 5) is 19.6. The number of nitrogens with zero attached hydrogens (tertiary/aromatic N) is 3. The van der Waals surface area contributed by atoms with Crippen molar-refractivity contribution in [2.45, 2.75) is 18.0 Å². The van der Waals surface area contributed by atoms with Crippen LogP contribution in [0.15, 0.2) is 46.7 Å². The molecule has 6 nitrogen and oxygen atoms in total. The molecule has 12 heteroatoms. The number of piperazine rings is 1. The molecule has 0 unspecified atom stereocenters. The molecule has 1 aromatic carbocycles. The van der Waals surface area contributed by atoms with Gasteiger partial charge in [-0.05, 0) is 30.5 Å². The third-order valence-electron chi connectivity index (χ3n) is 5.06. The Balaban J connectivity index is 1.50. The van der Waals surface area contributed by atoms with E-state index >= 15 is 0 Å². The summed E-state index contributed by atoms with van der Waals surface area (Å²) in [6, 6.07) is 7.95. The monoisotopic (exact) mass is 501 g/mol. The molecule has 170 valence electrons. The summed E-state index contributed by atoms with van der Waals surface area (Å²) >= 11 is 2.80. The fraction of sp³-hybridized carbons (Fsp3) is 0.300. The van der Waals surface area contributed by atoms with Gasteiger partial charge in [-0.15, -0.1) is 22.7 Å². The Morgan fingerprint density at radius 1 is 1.06 bits per heavy atom. The highest BCUT2D eigenvalue weighted by atomic mass is 32.2. The summed E-state index contributed by atoms with van der Waals surface area (Å²) in [5, 5.41) is 2.66. The maximum atomic E-state index is 13.3. The van der Waals surface area contributed by atoms with E-state index in [-0.39, 0.29) is 32.1 Å². The fourth-order valence-electron chi connectivity index (χ4n) is 3.44. The van der Waals surface area contributed by atoms with Crippen LogP contribution >= 0.6 is 22.7 Å². The van der Waals surface area contributed by atoms with Gasteiger partial charge in [-0.2, -0.15) is 17.5 Å². The van der Waals surface area contributed by atoms with Crippen LogP contribution in [0.5, 0.6) is 0 Å². The van der Waals surface area contributed by atoms with Gasteiger partial charge in [0.05, 0.1) is 21.0 Å². The van der Waals surface area contributed by atoms with Gasteiger partial charge < -0.3 is 4.90 Å². The number of thiazole rings is 1. The van der Waals surface area contributed by atoms with Crippen LogP contribution in [0.1, 0.15) is 20.9 Å². The fourth-order valence-corrected chi connectivity index (χ4v) is 6.91. The molecule has 0 aliphatic carbocycles. The first kappa shape index (κ1) is 22.9. The number of benzene rings is 1. The van der Waals surface area contributed by atoms with Gasteiger partial charge in [0, 0.05) is 26.2 Å². The minimum Gasteiger partial charge on any atom is -0.335 e. The van der Waals surface area contributed by atoms with Crippen molar-refractivity contribution in [1.29, 1.82) is 0 Å². The second kappa shape index (κ2) is 8.58. The van der Waals surface area contributed by atoms with Gasteiger partial charge in [-0.1, -0.05) is 18.2 Å². The Morgan fingerprint density at radius 2 is 1.75 bits per heavy atom. The van der Waals surface area contributed by atoms with E-state index in [1.165, 1.54) is 33.6 Å². The molecule has 0 bridgehead atoms. The molecule has 32 heavy (non-hydrogen) atoms. The van der Waals surface area contributed by atoms with Crippen molar-refractivity contribution in [3.05, 3.63) is 57.9 Å². The summed E-state index contributed by atoms with van der Waals surface area (Å²) in [6.45, 7) is 1.73. The maximum Gasteiger partial charge on any atom is 0.417 e. The number of alkyl halides is 3. The SMILES string of the molecule is Cc1nc(-c2cccs2)sc1C(=O)N1CCN(S(=O)(=O)c2ccccc2C(F)(F)F)CC1. The van der Waals surface area contributed by atoms with Crippen LogP contribution in [0, 0.1) is 6.92 Å². The molecule has 0 saturated carbocycles. The zero-order valence-corrected chi connectivity index (χ0v) is 19.2. The third kappa shape index (κ3) is 4.32. The molecule has 1 amide bonds. The average Bonchev–Trinajstić information content (AvgIpc) is 3.42. The first-order valence-electron chi connectivity index (χ1n) is 9.56. The zero-order valence-electron chi connectivity index (χ0n) is 16.8. The number of hydrogen-bond acceptors (Lipinski definition) is 6. The average molecular weight is 502 g/mol. The summed E-state index contributed by atoms with van der Waals surface area (Å²) in [6.07, 6.45) is -4.79. The molecule has 4 rings (SSSR count). The number of thiophene rings is 1. The Kier molecular flexibility index (Phi) is 6.14. The van der Waals surface area contributed by atoms with Gasteiger partial charge in [0.1, 0.15) is 9.88 Å². The summed E-state index contributed by atoms with van der Waals surface area (Å²) < 4.78 is 66.7. The van der Waals surface area contributed by atoms with Crippen LogP contribution in [-0.2, 0) is 16.2 Å². The highest BCUT2D eigenvalue weighted by molar-refractivity contribution is 7.89. The molecule has 3 aromatic rings. The van der Waals surface area contributed by atoms with Gasteiger partial charge in [0.15, 0.2) is 0 Å². The number of carbonyl (C=O) groups excluding carboxylic acids is 1. The number of amides is 1. The van der Waals surface area contributed by atoms with Gasteiger partial charge in [0.2, 0.25) is 10.0 Å². The van der Waals surface area contributed by atoms with E-state index in [0.29, 0.717) is 10.6 Å². The van der Waals surface area contributed by atoms with E-state index in [9.17, 15) is 26.4 Å². The van der Waals surface area contributed by atoms with E-state index in [1.54, 1.807) is 6.92 Å². The Bertz CT molecular complexity index is 1230. The molecule has 0 atom stereocenters.